The van der Waals surface area contributed by atoms with Crippen LogP contribution in [-0.4, -0.2) is 16.7 Å². The van der Waals surface area contributed by atoms with Gasteiger partial charge in [0.1, 0.15) is 5.00 Å². The number of amides is 1. The number of aliphatic imine (C=N–C) groups is 1. The zero-order valence-corrected chi connectivity index (χ0v) is 23.8. The summed E-state index contributed by atoms with van der Waals surface area (Å²) in [5.74, 6) is -0.0912. The lowest BCUT2D eigenvalue weighted by Crippen LogP contribution is -2.14. The van der Waals surface area contributed by atoms with Crippen LogP contribution in [-0.2, 0) is 19.4 Å². The number of anilines is 1. The van der Waals surface area contributed by atoms with Gasteiger partial charge in [-0.25, -0.2) is 4.99 Å². The van der Waals surface area contributed by atoms with Crippen molar-refractivity contribution in [1.82, 2.24) is 4.57 Å². The van der Waals surface area contributed by atoms with Crippen LogP contribution in [0.4, 0.5) is 10.7 Å². The van der Waals surface area contributed by atoms with Crippen molar-refractivity contribution in [3.05, 3.63) is 116 Å². The monoisotopic (exact) mass is 571 g/mol. The third kappa shape index (κ3) is 5.14. The summed E-state index contributed by atoms with van der Waals surface area (Å²) in [6.45, 7) is 2.77. The number of fused-ring (bicyclic) bond motifs is 2. The van der Waals surface area contributed by atoms with Crippen molar-refractivity contribution < 1.29 is 4.79 Å². The summed E-state index contributed by atoms with van der Waals surface area (Å²) in [7, 11) is 0. The predicted molar refractivity (Wildman–Crippen MR) is 165 cm³/mol. The van der Waals surface area contributed by atoms with Gasteiger partial charge in [0, 0.05) is 45.5 Å². The Morgan fingerprint density at radius 1 is 1.00 bits per heavy atom. The van der Waals surface area contributed by atoms with Crippen molar-refractivity contribution in [1.29, 1.82) is 0 Å². The van der Waals surface area contributed by atoms with Crippen LogP contribution in [0.1, 0.15) is 50.5 Å². The van der Waals surface area contributed by atoms with Crippen LogP contribution in [0.25, 0.3) is 10.9 Å². The first kappa shape index (κ1) is 25.9. The van der Waals surface area contributed by atoms with E-state index in [1.54, 1.807) is 11.3 Å². The van der Waals surface area contributed by atoms with Crippen LogP contribution in [0.2, 0.25) is 10.0 Å². The van der Waals surface area contributed by atoms with Crippen LogP contribution >= 0.6 is 34.5 Å². The molecule has 1 aliphatic rings. The molecule has 0 atom stereocenters. The minimum Gasteiger partial charge on any atom is -0.340 e. The summed E-state index contributed by atoms with van der Waals surface area (Å²) in [5, 5.41) is 6.08. The van der Waals surface area contributed by atoms with Gasteiger partial charge in [-0.3, -0.25) is 4.79 Å². The Morgan fingerprint density at radius 3 is 2.59 bits per heavy atom. The van der Waals surface area contributed by atoms with Gasteiger partial charge in [-0.15, -0.1) is 11.3 Å². The maximum atomic E-state index is 13.5. The molecule has 3 aromatic carbocycles. The molecular formula is C32H27Cl2N3OS. The number of para-hydroxylation sites is 2. The number of hydrogen-bond donors (Lipinski definition) is 1. The maximum absolute atomic E-state index is 13.5. The zero-order valence-electron chi connectivity index (χ0n) is 21.5. The first-order valence-electron chi connectivity index (χ1n) is 13.1. The highest BCUT2D eigenvalue weighted by atomic mass is 35.5. The van der Waals surface area contributed by atoms with Crippen molar-refractivity contribution >= 4 is 68.3 Å². The zero-order chi connectivity index (χ0) is 26.9. The van der Waals surface area contributed by atoms with Gasteiger partial charge in [0.2, 0.25) is 0 Å². The van der Waals surface area contributed by atoms with E-state index in [2.05, 4.69) is 28.9 Å². The molecule has 1 amide bonds. The minimum absolute atomic E-state index is 0.0912. The molecule has 2 aromatic heterocycles. The minimum atomic E-state index is -0.0912. The number of rotatable bonds is 6. The van der Waals surface area contributed by atoms with Gasteiger partial charge in [-0.1, -0.05) is 65.7 Å². The Labute approximate surface area is 241 Å². The number of aryl methyl sites for hydroxylation is 1. The van der Waals surface area contributed by atoms with Gasteiger partial charge in [0.05, 0.1) is 15.6 Å². The van der Waals surface area contributed by atoms with E-state index in [-0.39, 0.29) is 5.91 Å². The largest absolute Gasteiger partial charge is 0.340 e. The first-order chi connectivity index (χ1) is 19.0. The molecular weight excluding hydrogens is 545 g/mol. The number of hydrogen-bond acceptors (Lipinski definition) is 3. The van der Waals surface area contributed by atoms with E-state index in [9.17, 15) is 4.79 Å². The van der Waals surface area contributed by atoms with Crippen molar-refractivity contribution in [2.45, 2.75) is 39.2 Å². The number of nitrogens with one attached hydrogen (secondary N) is 1. The fourth-order valence-corrected chi connectivity index (χ4v) is 6.91. The van der Waals surface area contributed by atoms with Gasteiger partial charge < -0.3 is 9.88 Å². The third-order valence-electron chi connectivity index (χ3n) is 7.33. The van der Waals surface area contributed by atoms with Crippen LogP contribution in [0.5, 0.6) is 0 Å². The van der Waals surface area contributed by atoms with E-state index in [4.69, 9.17) is 28.2 Å². The fourth-order valence-electron chi connectivity index (χ4n) is 5.36. The molecule has 0 bridgehead atoms. The molecule has 0 spiro atoms. The third-order valence-corrected chi connectivity index (χ3v) is 9.27. The van der Waals surface area contributed by atoms with Gasteiger partial charge in [0.25, 0.3) is 5.91 Å². The molecule has 7 heteroatoms. The Balaban J connectivity index is 1.39. The Morgan fingerprint density at radius 2 is 1.77 bits per heavy atom. The summed E-state index contributed by atoms with van der Waals surface area (Å²) in [5.41, 5.74) is 7.00. The van der Waals surface area contributed by atoms with E-state index < -0.39 is 0 Å². The van der Waals surface area contributed by atoms with Gasteiger partial charge >= 0.3 is 0 Å². The molecule has 196 valence electrons. The molecule has 0 unspecified atom stereocenters. The van der Waals surface area contributed by atoms with Gasteiger partial charge in [-0.05, 0) is 74.1 Å². The van der Waals surface area contributed by atoms with Crippen molar-refractivity contribution in [2.24, 2.45) is 4.99 Å². The van der Waals surface area contributed by atoms with Gasteiger partial charge in [0.15, 0.2) is 0 Å². The molecule has 0 saturated heterocycles. The lowest BCUT2D eigenvalue weighted by molar-refractivity contribution is 0.102. The quantitative estimate of drug-likeness (QED) is 0.203. The Hall–Kier alpha value is -3.38. The lowest BCUT2D eigenvalue weighted by Gasteiger charge is -2.12. The van der Waals surface area contributed by atoms with Crippen LogP contribution in [0.3, 0.4) is 0 Å². The molecule has 2 heterocycles. The first-order valence-corrected chi connectivity index (χ1v) is 14.6. The lowest BCUT2D eigenvalue weighted by atomic mass is 9.95. The summed E-state index contributed by atoms with van der Waals surface area (Å²) in [6, 6.07) is 23.7. The predicted octanol–water partition coefficient (Wildman–Crippen LogP) is 9.25. The maximum Gasteiger partial charge on any atom is 0.259 e. The summed E-state index contributed by atoms with van der Waals surface area (Å²) in [6.07, 6.45) is 6.10. The summed E-state index contributed by atoms with van der Waals surface area (Å²) >= 11 is 14.1. The van der Waals surface area contributed by atoms with E-state index in [1.165, 1.54) is 4.88 Å². The average Bonchev–Trinajstić information content (AvgIpc) is 3.45. The SMILES string of the molecule is Cc1c(C=Nc2sc3c(c2C(=O)Nc2ccccc2)CCCC3)c2ccccc2n1Cc1ccc(Cl)c(Cl)c1. The van der Waals surface area contributed by atoms with Crippen LogP contribution in [0, 0.1) is 6.92 Å². The van der Waals surface area contributed by atoms with Crippen molar-refractivity contribution in [3.8, 4) is 0 Å². The summed E-state index contributed by atoms with van der Waals surface area (Å²) < 4.78 is 2.28. The second kappa shape index (κ2) is 11.0. The highest BCUT2D eigenvalue weighted by molar-refractivity contribution is 7.16. The molecule has 39 heavy (non-hydrogen) atoms. The summed E-state index contributed by atoms with van der Waals surface area (Å²) in [4.78, 5) is 19.8. The highest BCUT2D eigenvalue weighted by Crippen LogP contribution is 2.40. The smallest absolute Gasteiger partial charge is 0.259 e. The van der Waals surface area contributed by atoms with Crippen molar-refractivity contribution in [2.75, 3.05) is 5.32 Å². The number of aromatic nitrogens is 1. The number of benzene rings is 3. The molecule has 6 rings (SSSR count). The second-order valence-corrected chi connectivity index (χ2v) is 11.7. The topological polar surface area (TPSA) is 46.4 Å². The van der Waals surface area contributed by atoms with E-state index in [1.807, 2.05) is 66.9 Å². The molecule has 1 N–H and O–H groups in total. The average molecular weight is 573 g/mol. The molecule has 4 nitrogen and oxygen atoms in total. The molecule has 0 aliphatic heterocycles. The number of carbonyl (C=O) groups is 1. The molecule has 5 aromatic rings. The molecule has 1 aliphatic carbocycles. The Bertz CT molecular complexity index is 1720. The highest BCUT2D eigenvalue weighted by Gasteiger charge is 2.25. The normalized spacial score (nSPS) is 13.2. The van der Waals surface area contributed by atoms with Gasteiger partial charge in [-0.2, -0.15) is 0 Å². The Kier molecular flexibility index (Phi) is 7.30. The molecule has 0 fully saturated rings. The van der Waals surface area contributed by atoms with E-state index in [0.29, 0.717) is 22.2 Å². The number of carbonyl (C=O) groups excluding carboxylic acids is 1. The second-order valence-electron chi connectivity index (χ2n) is 9.82. The number of thiophene rings is 1. The standard InChI is InChI=1S/C32H27Cl2N3OS/c1-20-25(23-11-5-7-13-28(23)37(20)19-21-15-16-26(33)27(34)17-21)18-35-32-30(24-12-6-8-14-29(24)39-32)31(38)36-22-9-3-2-4-10-22/h2-5,7,9-11,13,15-18H,6,8,12,14,19H2,1H3,(H,36,38). The van der Waals surface area contributed by atoms with Crippen LogP contribution < -0.4 is 5.32 Å². The number of nitrogens with zero attached hydrogens (tertiary/aromatic N) is 2. The molecule has 0 radical (unpaired) electrons. The number of halogens is 2. The van der Waals surface area contributed by atoms with E-state index >= 15 is 0 Å². The molecule has 0 saturated carbocycles. The van der Waals surface area contributed by atoms with E-state index in [0.717, 1.165) is 69.7 Å². The van der Waals surface area contributed by atoms with Crippen LogP contribution in [0.15, 0.2) is 77.8 Å². The van der Waals surface area contributed by atoms with Crippen molar-refractivity contribution in [3.63, 3.8) is 0 Å². The fraction of sp³-hybridized carbons (Fsp3) is 0.188.